The Labute approximate surface area is 135 Å². The second-order valence-corrected chi connectivity index (χ2v) is 7.36. The number of nitrogens with zero attached hydrogens (tertiary/aromatic N) is 1. The zero-order valence-electron chi connectivity index (χ0n) is 13.3. The maximum atomic E-state index is 11.2. The van der Waals surface area contributed by atoms with E-state index in [9.17, 15) is 10.1 Å². The molecule has 0 saturated carbocycles. The Kier molecular flexibility index (Phi) is 6.81. The van der Waals surface area contributed by atoms with Crippen molar-refractivity contribution in [3.05, 3.63) is 38.3 Å². The van der Waals surface area contributed by atoms with Crippen molar-refractivity contribution in [2.75, 3.05) is 6.54 Å². The fourth-order valence-electron chi connectivity index (χ4n) is 2.38. The van der Waals surface area contributed by atoms with E-state index in [1.165, 1.54) is 0 Å². The van der Waals surface area contributed by atoms with Gasteiger partial charge in [-0.15, -0.1) is 0 Å². The third-order valence-electron chi connectivity index (χ3n) is 3.63. The zero-order chi connectivity index (χ0) is 16.0. The van der Waals surface area contributed by atoms with Crippen molar-refractivity contribution < 1.29 is 4.92 Å². The quantitative estimate of drug-likeness (QED) is 0.568. The maximum Gasteiger partial charge on any atom is 0.273 e. The predicted molar refractivity (Wildman–Crippen MR) is 90.7 cm³/mol. The van der Waals surface area contributed by atoms with Crippen LogP contribution in [0.2, 0.25) is 0 Å². The highest BCUT2D eigenvalue weighted by Crippen LogP contribution is 2.28. The second kappa shape index (κ2) is 7.90. The van der Waals surface area contributed by atoms with Crippen LogP contribution in [0.1, 0.15) is 46.1 Å². The molecule has 1 aromatic rings. The number of halogens is 1. The molecule has 0 aliphatic heterocycles. The Morgan fingerprint density at radius 1 is 1.38 bits per heavy atom. The van der Waals surface area contributed by atoms with E-state index < -0.39 is 0 Å². The van der Waals surface area contributed by atoms with Gasteiger partial charge < -0.3 is 5.32 Å². The minimum absolute atomic E-state index is 0.138. The smallest absolute Gasteiger partial charge is 0.273 e. The van der Waals surface area contributed by atoms with Crippen LogP contribution < -0.4 is 5.32 Å². The lowest BCUT2D eigenvalue weighted by atomic mass is 9.83. The molecular formula is C16H25BrN2O2. The highest BCUT2D eigenvalue weighted by Gasteiger charge is 2.24. The van der Waals surface area contributed by atoms with E-state index in [1.807, 2.05) is 12.1 Å². The molecule has 1 unspecified atom stereocenters. The molecule has 1 N–H and O–H groups in total. The SMILES string of the molecule is CCCNC(CCc1ccc(Br)cc1[N+](=O)[O-])C(C)(C)C. The summed E-state index contributed by atoms with van der Waals surface area (Å²) in [6, 6.07) is 5.65. The molecule has 0 fully saturated rings. The fraction of sp³-hybridized carbons (Fsp3) is 0.625. The highest BCUT2D eigenvalue weighted by atomic mass is 79.9. The fourth-order valence-corrected chi connectivity index (χ4v) is 2.73. The van der Waals surface area contributed by atoms with Crippen LogP contribution in [0.4, 0.5) is 5.69 Å². The van der Waals surface area contributed by atoms with E-state index in [-0.39, 0.29) is 16.0 Å². The summed E-state index contributed by atoms with van der Waals surface area (Å²) >= 11 is 3.29. The molecule has 0 aliphatic carbocycles. The Hall–Kier alpha value is -0.940. The lowest BCUT2D eigenvalue weighted by molar-refractivity contribution is -0.385. The molecule has 4 nitrogen and oxygen atoms in total. The van der Waals surface area contributed by atoms with E-state index in [1.54, 1.807) is 6.07 Å². The first-order valence-electron chi connectivity index (χ1n) is 7.42. The highest BCUT2D eigenvalue weighted by molar-refractivity contribution is 9.10. The molecular weight excluding hydrogens is 332 g/mol. The van der Waals surface area contributed by atoms with Crippen LogP contribution in [0.5, 0.6) is 0 Å². The van der Waals surface area contributed by atoms with Gasteiger partial charge >= 0.3 is 0 Å². The molecule has 1 rings (SSSR count). The van der Waals surface area contributed by atoms with Gasteiger partial charge in [-0.3, -0.25) is 10.1 Å². The van der Waals surface area contributed by atoms with Crippen LogP contribution in [-0.2, 0) is 6.42 Å². The molecule has 0 radical (unpaired) electrons. The van der Waals surface area contributed by atoms with Crippen LogP contribution in [0, 0.1) is 15.5 Å². The van der Waals surface area contributed by atoms with Gasteiger partial charge in [-0.1, -0.05) is 49.7 Å². The van der Waals surface area contributed by atoms with Gasteiger partial charge in [-0.25, -0.2) is 0 Å². The summed E-state index contributed by atoms with van der Waals surface area (Å²) in [7, 11) is 0. The first-order valence-corrected chi connectivity index (χ1v) is 8.21. The standard InChI is InChI=1S/C16H25BrN2O2/c1-5-10-18-15(16(2,3)4)9-7-12-6-8-13(17)11-14(12)19(20)21/h6,8,11,15,18H,5,7,9-10H2,1-4H3. The molecule has 1 aromatic carbocycles. The zero-order valence-corrected chi connectivity index (χ0v) is 14.9. The molecule has 0 heterocycles. The minimum atomic E-state index is -0.300. The number of hydrogen-bond acceptors (Lipinski definition) is 3. The monoisotopic (exact) mass is 356 g/mol. The molecule has 0 bridgehead atoms. The molecule has 0 aromatic heterocycles. The van der Waals surface area contributed by atoms with Crippen LogP contribution in [-0.4, -0.2) is 17.5 Å². The van der Waals surface area contributed by atoms with Gasteiger partial charge in [0.25, 0.3) is 5.69 Å². The van der Waals surface area contributed by atoms with E-state index in [0.29, 0.717) is 12.5 Å². The Balaban J connectivity index is 2.82. The van der Waals surface area contributed by atoms with Crippen molar-refractivity contribution >= 4 is 21.6 Å². The number of hydrogen-bond donors (Lipinski definition) is 1. The first-order chi connectivity index (χ1) is 9.75. The van der Waals surface area contributed by atoms with Crippen LogP contribution in [0.3, 0.4) is 0 Å². The summed E-state index contributed by atoms with van der Waals surface area (Å²) in [6.07, 6.45) is 2.69. The normalized spacial score (nSPS) is 13.2. The number of nitro benzene ring substituents is 1. The summed E-state index contributed by atoms with van der Waals surface area (Å²) in [6.45, 7) is 9.74. The van der Waals surface area contributed by atoms with Gasteiger partial charge in [-0.2, -0.15) is 0 Å². The van der Waals surface area contributed by atoms with Crippen molar-refractivity contribution in [3.63, 3.8) is 0 Å². The molecule has 0 aliphatic rings. The molecule has 0 spiro atoms. The van der Waals surface area contributed by atoms with E-state index in [2.05, 4.69) is 48.9 Å². The van der Waals surface area contributed by atoms with Crippen LogP contribution in [0.15, 0.2) is 22.7 Å². The Morgan fingerprint density at radius 3 is 2.57 bits per heavy atom. The lowest BCUT2D eigenvalue weighted by Gasteiger charge is -2.31. The maximum absolute atomic E-state index is 11.2. The van der Waals surface area contributed by atoms with Gasteiger partial charge in [0.05, 0.1) is 4.92 Å². The molecule has 21 heavy (non-hydrogen) atoms. The average Bonchev–Trinajstić information content (AvgIpc) is 2.38. The van der Waals surface area contributed by atoms with Gasteiger partial charge in [0.2, 0.25) is 0 Å². The van der Waals surface area contributed by atoms with Gasteiger partial charge in [0, 0.05) is 22.1 Å². The number of nitrogens with one attached hydrogen (secondary N) is 1. The summed E-state index contributed by atoms with van der Waals surface area (Å²) in [4.78, 5) is 10.9. The topological polar surface area (TPSA) is 55.2 Å². The molecule has 5 heteroatoms. The van der Waals surface area contributed by atoms with Gasteiger partial charge in [0.15, 0.2) is 0 Å². The third-order valence-corrected chi connectivity index (χ3v) is 4.13. The molecule has 1 atom stereocenters. The Bertz CT molecular complexity index is 484. The minimum Gasteiger partial charge on any atom is -0.313 e. The van der Waals surface area contributed by atoms with E-state index in [0.717, 1.165) is 29.4 Å². The summed E-state index contributed by atoms with van der Waals surface area (Å²) in [5.41, 5.74) is 1.14. The number of benzene rings is 1. The molecule has 0 saturated heterocycles. The summed E-state index contributed by atoms with van der Waals surface area (Å²) in [5.74, 6) is 0. The van der Waals surface area contributed by atoms with Crippen LogP contribution in [0.25, 0.3) is 0 Å². The second-order valence-electron chi connectivity index (χ2n) is 6.44. The van der Waals surface area contributed by atoms with Crippen LogP contribution >= 0.6 is 15.9 Å². The largest absolute Gasteiger partial charge is 0.313 e. The van der Waals surface area contributed by atoms with Gasteiger partial charge in [0.1, 0.15) is 0 Å². The summed E-state index contributed by atoms with van der Waals surface area (Å²) in [5, 5.41) is 14.7. The van der Waals surface area contributed by atoms with Gasteiger partial charge in [-0.05, 0) is 37.3 Å². The van der Waals surface area contributed by atoms with Crippen molar-refractivity contribution in [1.82, 2.24) is 5.32 Å². The van der Waals surface area contributed by atoms with Crippen molar-refractivity contribution in [3.8, 4) is 0 Å². The lowest BCUT2D eigenvalue weighted by Crippen LogP contribution is -2.41. The first kappa shape index (κ1) is 18.1. The van der Waals surface area contributed by atoms with Crippen molar-refractivity contribution in [2.24, 2.45) is 5.41 Å². The van der Waals surface area contributed by atoms with E-state index in [4.69, 9.17) is 0 Å². The third kappa shape index (κ3) is 5.75. The van der Waals surface area contributed by atoms with Crippen molar-refractivity contribution in [1.29, 1.82) is 0 Å². The van der Waals surface area contributed by atoms with E-state index >= 15 is 0 Å². The average molecular weight is 357 g/mol. The predicted octanol–water partition coefficient (Wildman–Crippen LogP) is 4.70. The Morgan fingerprint density at radius 2 is 2.05 bits per heavy atom. The number of nitro groups is 1. The van der Waals surface area contributed by atoms with Crippen molar-refractivity contribution in [2.45, 2.75) is 53.0 Å². The molecule has 0 amide bonds. The summed E-state index contributed by atoms with van der Waals surface area (Å²) < 4.78 is 0.745. The molecule has 118 valence electrons. The number of aryl methyl sites for hydroxylation is 1. The number of rotatable bonds is 7.